The largest absolute Gasteiger partial charge is 0.507 e. The van der Waals surface area contributed by atoms with E-state index in [1.807, 2.05) is 0 Å². The molecule has 1 aromatic rings. The van der Waals surface area contributed by atoms with E-state index in [2.05, 4.69) is 10.6 Å². The number of rotatable bonds is 8. The summed E-state index contributed by atoms with van der Waals surface area (Å²) >= 11 is 0. The van der Waals surface area contributed by atoms with Crippen molar-refractivity contribution >= 4 is 29.2 Å². The van der Waals surface area contributed by atoms with Gasteiger partial charge in [-0.2, -0.15) is 0 Å². The molecule has 1 unspecified atom stereocenters. The number of nitrogens with one attached hydrogen (secondary N) is 2. The number of phenolic OH excluding ortho intramolecular Hbond substituents is 2. The van der Waals surface area contributed by atoms with Crippen LogP contribution in [0.25, 0.3) is 0 Å². The van der Waals surface area contributed by atoms with Gasteiger partial charge in [0.05, 0.1) is 17.6 Å². The molecule has 2 aliphatic rings. The van der Waals surface area contributed by atoms with E-state index >= 15 is 0 Å². The van der Waals surface area contributed by atoms with E-state index in [0.29, 0.717) is 0 Å². The number of benzene rings is 1. The lowest BCUT2D eigenvalue weighted by atomic mass is 9.70. The van der Waals surface area contributed by atoms with Gasteiger partial charge < -0.3 is 30.7 Å². The van der Waals surface area contributed by atoms with E-state index in [1.165, 1.54) is 27.7 Å². The van der Waals surface area contributed by atoms with Crippen LogP contribution in [0.4, 0.5) is 0 Å². The highest BCUT2D eigenvalue weighted by atomic mass is 16.5. The van der Waals surface area contributed by atoms with Crippen molar-refractivity contribution in [2.45, 2.75) is 46.0 Å². The molecule has 1 atom stereocenters. The molecule has 186 valence electrons. The molecule has 3 rings (SSSR count). The molecular weight excluding hydrogens is 460 g/mol. The normalized spacial score (nSPS) is 19.8. The van der Waals surface area contributed by atoms with E-state index < -0.39 is 46.1 Å². The Kier molecular flexibility index (Phi) is 6.73. The summed E-state index contributed by atoms with van der Waals surface area (Å²) < 4.78 is 5.70. The van der Waals surface area contributed by atoms with Crippen molar-refractivity contribution in [2.75, 3.05) is 13.1 Å². The van der Waals surface area contributed by atoms with Crippen LogP contribution < -0.4 is 15.4 Å². The molecule has 0 bridgehead atoms. The maximum atomic E-state index is 13.6. The van der Waals surface area contributed by atoms with Crippen molar-refractivity contribution in [2.24, 2.45) is 0 Å². The Hall–Kier alpha value is -4.15. The van der Waals surface area contributed by atoms with Gasteiger partial charge in [-0.1, -0.05) is 0 Å². The highest BCUT2D eigenvalue weighted by molar-refractivity contribution is 6.31. The summed E-state index contributed by atoms with van der Waals surface area (Å²) in [6, 6.07) is 0. The minimum absolute atomic E-state index is 0.000915. The molecule has 1 aromatic carbocycles. The molecule has 0 radical (unpaired) electrons. The summed E-state index contributed by atoms with van der Waals surface area (Å²) in [4.78, 5) is 61.0. The number of carboxylic acid groups (broad SMARTS) is 1. The zero-order valence-electron chi connectivity index (χ0n) is 19.7. The van der Waals surface area contributed by atoms with Crippen molar-refractivity contribution in [1.29, 1.82) is 0 Å². The predicted molar refractivity (Wildman–Crippen MR) is 121 cm³/mol. The van der Waals surface area contributed by atoms with Gasteiger partial charge in [0, 0.05) is 36.8 Å². The highest BCUT2D eigenvalue weighted by Gasteiger charge is 2.56. The lowest BCUT2D eigenvalue weighted by Gasteiger charge is -2.29. The fourth-order valence-corrected chi connectivity index (χ4v) is 4.21. The van der Waals surface area contributed by atoms with Crippen LogP contribution in [0.3, 0.4) is 0 Å². The standard InChI is InChI=1S/C24H26N2O9/c1-10-20(32)18(12(3)27)22-19(21(10)33)24(4)14(35-22)9-13(28)17(23(24)34)11(2)25-7-5-15(29)26-8-6-16(30)31/h9,25,32-33H,5-8H2,1-4H3,(H,26,29)(H,30,31). The number of ether oxygens (including phenoxy) is 1. The summed E-state index contributed by atoms with van der Waals surface area (Å²) in [6.07, 6.45) is 0.867. The first kappa shape index (κ1) is 25.5. The molecule has 0 aromatic heterocycles. The SMILES string of the molecule is CC(=O)c1c(O)c(C)c(O)c2c1OC1=CC(=O)C(=C(C)NCCC(=O)NCCC(=O)O)C(=O)C12C. The first-order valence-electron chi connectivity index (χ1n) is 10.8. The Balaban J connectivity index is 1.92. The van der Waals surface area contributed by atoms with Crippen LogP contribution in [0.1, 0.15) is 55.1 Å². The fourth-order valence-electron chi connectivity index (χ4n) is 4.21. The number of phenols is 2. The maximum absolute atomic E-state index is 13.6. The van der Waals surface area contributed by atoms with E-state index in [-0.39, 0.29) is 65.4 Å². The second-order valence-electron chi connectivity index (χ2n) is 8.56. The van der Waals surface area contributed by atoms with Crippen molar-refractivity contribution < 1.29 is 44.0 Å². The molecule has 0 saturated heterocycles. The minimum Gasteiger partial charge on any atom is -0.507 e. The van der Waals surface area contributed by atoms with Crippen LogP contribution in [0, 0.1) is 6.92 Å². The van der Waals surface area contributed by atoms with Crippen molar-refractivity contribution in [3.63, 3.8) is 0 Å². The summed E-state index contributed by atoms with van der Waals surface area (Å²) in [6.45, 7) is 5.61. The second-order valence-corrected chi connectivity index (χ2v) is 8.56. The molecule has 5 N–H and O–H groups in total. The number of aromatic hydroxyl groups is 2. The monoisotopic (exact) mass is 486 g/mol. The van der Waals surface area contributed by atoms with Crippen LogP contribution in [0.15, 0.2) is 23.1 Å². The van der Waals surface area contributed by atoms with Crippen LogP contribution in [0.2, 0.25) is 0 Å². The number of hydrogen-bond acceptors (Lipinski definition) is 9. The summed E-state index contributed by atoms with van der Waals surface area (Å²) in [7, 11) is 0. The third-order valence-electron chi connectivity index (χ3n) is 6.16. The van der Waals surface area contributed by atoms with Gasteiger partial charge in [0.2, 0.25) is 5.91 Å². The highest BCUT2D eigenvalue weighted by Crippen LogP contribution is 2.57. The average molecular weight is 486 g/mol. The van der Waals surface area contributed by atoms with Crippen molar-refractivity contribution in [3.05, 3.63) is 39.8 Å². The number of ketones is 3. The zero-order valence-corrected chi connectivity index (χ0v) is 19.7. The molecule has 0 spiro atoms. The van der Waals surface area contributed by atoms with Crippen molar-refractivity contribution in [1.82, 2.24) is 10.6 Å². The lowest BCUT2D eigenvalue weighted by molar-refractivity contribution is -0.137. The lowest BCUT2D eigenvalue weighted by Crippen LogP contribution is -2.41. The van der Waals surface area contributed by atoms with Crippen LogP contribution in [-0.4, -0.2) is 57.6 Å². The number of aliphatic carboxylic acids is 1. The number of amides is 1. The minimum atomic E-state index is -1.62. The number of carbonyl (C=O) groups is 5. The van der Waals surface area contributed by atoms with Gasteiger partial charge in [0.1, 0.15) is 34.0 Å². The number of Topliss-reactive ketones (excluding diaryl/α,β-unsaturated/α-hetero) is 2. The number of carboxylic acids is 1. The third kappa shape index (κ3) is 4.25. The van der Waals surface area contributed by atoms with Crippen LogP contribution in [0.5, 0.6) is 17.2 Å². The molecule has 0 saturated carbocycles. The Bertz CT molecular complexity index is 1240. The molecule has 0 fully saturated rings. The van der Waals surface area contributed by atoms with Crippen molar-refractivity contribution in [3.8, 4) is 17.2 Å². The van der Waals surface area contributed by atoms with Gasteiger partial charge in [-0.3, -0.25) is 24.0 Å². The van der Waals surface area contributed by atoms with Gasteiger partial charge in [0.15, 0.2) is 17.3 Å². The number of fused-ring (bicyclic) bond motifs is 3. The Morgan fingerprint density at radius 2 is 1.66 bits per heavy atom. The first-order chi connectivity index (χ1) is 16.3. The Morgan fingerprint density at radius 1 is 1.03 bits per heavy atom. The third-order valence-corrected chi connectivity index (χ3v) is 6.16. The Labute approximate surface area is 200 Å². The van der Waals surface area contributed by atoms with Gasteiger partial charge >= 0.3 is 5.97 Å². The second kappa shape index (κ2) is 9.24. The zero-order chi connectivity index (χ0) is 26.2. The molecule has 1 aliphatic carbocycles. The predicted octanol–water partition coefficient (Wildman–Crippen LogP) is 1.14. The smallest absolute Gasteiger partial charge is 0.305 e. The van der Waals surface area contributed by atoms with Gasteiger partial charge in [-0.05, 0) is 27.7 Å². The van der Waals surface area contributed by atoms with E-state index in [0.717, 1.165) is 6.08 Å². The quantitative estimate of drug-likeness (QED) is 0.203. The number of carbonyl (C=O) groups excluding carboxylic acids is 4. The number of hydrogen-bond donors (Lipinski definition) is 5. The number of allylic oxidation sites excluding steroid dienone is 4. The molecule has 1 amide bonds. The van der Waals surface area contributed by atoms with Gasteiger partial charge in [0.25, 0.3) is 0 Å². The first-order valence-corrected chi connectivity index (χ1v) is 10.8. The molecule has 1 aliphatic heterocycles. The summed E-state index contributed by atoms with van der Waals surface area (Å²) in [5.74, 6) is -4.44. The van der Waals surface area contributed by atoms with E-state index in [1.54, 1.807) is 0 Å². The van der Waals surface area contributed by atoms with E-state index in [4.69, 9.17) is 9.84 Å². The molecule has 1 heterocycles. The van der Waals surface area contributed by atoms with Gasteiger partial charge in [-0.15, -0.1) is 0 Å². The molecule has 35 heavy (non-hydrogen) atoms. The summed E-state index contributed by atoms with van der Waals surface area (Å²) in [5, 5.41) is 35.1. The summed E-state index contributed by atoms with van der Waals surface area (Å²) in [5.41, 5.74) is -1.83. The van der Waals surface area contributed by atoms with E-state index in [9.17, 15) is 34.2 Å². The van der Waals surface area contributed by atoms with Crippen LogP contribution in [-0.2, 0) is 24.6 Å². The molecule has 11 nitrogen and oxygen atoms in total. The van der Waals surface area contributed by atoms with Gasteiger partial charge in [-0.25, -0.2) is 0 Å². The average Bonchev–Trinajstić information content (AvgIpc) is 3.04. The molecular formula is C24H26N2O9. The fraction of sp³-hybridized carbons (Fsp3) is 0.375. The molecule has 11 heteroatoms. The van der Waals surface area contributed by atoms with Crippen LogP contribution >= 0.6 is 0 Å². The maximum Gasteiger partial charge on any atom is 0.305 e. The Morgan fingerprint density at radius 3 is 2.26 bits per heavy atom. The topological polar surface area (TPSA) is 179 Å².